The van der Waals surface area contributed by atoms with E-state index >= 15 is 0 Å². The molecule has 20 heavy (non-hydrogen) atoms. The average Bonchev–Trinajstić information content (AvgIpc) is 2.47. The fraction of sp³-hybridized carbons (Fsp3) is 0.200. The van der Waals surface area contributed by atoms with Crippen molar-refractivity contribution in [3.8, 4) is 17.3 Å². The molecule has 0 unspecified atom stereocenters. The maximum Gasteiger partial charge on any atom is 0.222 e. The first kappa shape index (κ1) is 14.2. The lowest BCUT2D eigenvalue weighted by atomic mass is 9.98. The van der Waals surface area contributed by atoms with E-state index in [9.17, 15) is 10.1 Å². The van der Waals surface area contributed by atoms with Crippen molar-refractivity contribution in [2.24, 2.45) is 0 Å². The highest BCUT2D eigenvalue weighted by molar-refractivity contribution is 6.28. The standard InChI is InChI=1S/C15H12ClN3O/c1-2-13(20)8-10-3-4-11(7-12(10)9-17)14-5-6-18-15(16)19-14/h3-7H,2,8H2,1H3. The summed E-state index contributed by atoms with van der Waals surface area (Å²) in [4.78, 5) is 19.4. The number of ketones is 1. The molecule has 0 N–H and O–H groups in total. The molecule has 0 aliphatic carbocycles. The van der Waals surface area contributed by atoms with Crippen molar-refractivity contribution in [1.82, 2.24) is 9.97 Å². The molecule has 1 aromatic heterocycles. The number of nitrogens with zero attached hydrogens (tertiary/aromatic N) is 3. The fourth-order valence-electron chi connectivity index (χ4n) is 1.83. The van der Waals surface area contributed by atoms with Gasteiger partial charge in [-0.3, -0.25) is 4.79 Å². The van der Waals surface area contributed by atoms with Gasteiger partial charge in [-0.25, -0.2) is 9.97 Å². The van der Waals surface area contributed by atoms with E-state index in [-0.39, 0.29) is 17.5 Å². The molecule has 1 aromatic carbocycles. The molecule has 100 valence electrons. The molecule has 4 nitrogen and oxygen atoms in total. The third-order valence-corrected chi connectivity index (χ3v) is 3.12. The molecule has 0 fully saturated rings. The number of carbonyl (C=O) groups excluding carboxylic acids is 1. The van der Waals surface area contributed by atoms with Crippen LogP contribution in [-0.2, 0) is 11.2 Å². The number of carbonyl (C=O) groups is 1. The summed E-state index contributed by atoms with van der Waals surface area (Å²) in [7, 11) is 0. The topological polar surface area (TPSA) is 66.6 Å². The van der Waals surface area contributed by atoms with Crippen LogP contribution in [0.15, 0.2) is 30.5 Å². The van der Waals surface area contributed by atoms with Crippen molar-refractivity contribution in [1.29, 1.82) is 5.26 Å². The van der Waals surface area contributed by atoms with Crippen LogP contribution in [0.2, 0.25) is 5.28 Å². The molecule has 0 amide bonds. The minimum Gasteiger partial charge on any atom is -0.299 e. The van der Waals surface area contributed by atoms with E-state index < -0.39 is 0 Å². The van der Waals surface area contributed by atoms with Crippen LogP contribution in [0.25, 0.3) is 11.3 Å². The number of benzene rings is 1. The van der Waals surface area contributed by atoms with Crippen LogP contribution < -0.4 is 0 Å². The molecule has 2 rings (SSSR count). The van der Waals surface area contributed by atoms with Crippen molar-refractivity contribution in [3.63, 3.8) is 0 Å². The molecule has 0 aliphatic rings. The Hall–Kier alpha value is -2.25. The van der Waals surface area contributed by atoms with Gasteiger partial charge in [-0.2, -0.15) is 5.26 Å². The first-order chi connectivity index (χ1) is 9.63. The van der Waals surface area contributed by atoms with Gasteiger partial charge in [0, 0.05) is 24.6 Å². The van der Waals surface area contributed by atoms with E-state index in [2.05, 4.69) is 16.0 Å². The van der Waals surface area contributed by atoms with Gasteiger partial charge in [0.2, 0.25) is 5.28 Å². The molecular formula is C15H12ClN3O. The van der Waals surface area contributed by atoms with E-state index in [4.69, 9.17) is 11.6 Å². The summed E-state index contributed by atoms with van der Waals surface area (Å²) < 4.78 is 0. The van der Waals surface area contributed by atoms with E-state index in [0.29, 0.717) is 17.7 Å². The molecule has 0 saturated heterocycles. The number of nitriles is 1. The van der Waals surface area contributed by atoms with E-state index in [1.165, 1.54) is 0 Å². The van der Waals surface area contributed by atoms with E-state index in [0.717, 1.165) is 11.1 Å². The highest BCUT2D eigenvalue weighted by Gasteiger charge is 2.09. The Labute approximate surface area is 122 Å². The molecule has 0 radical (unpaired) electrons. The largest absolute Gasteiger partial charge is 0.299 e. The van der Waals surface area contributed by atoms with Crippen LogP contribution in [0.3, 0.4) is 0 Å². The van der Waals surface area contributed by atoms with Gasteiger partial charge in [0.05, 0.1) is 17.3 Å². The number of hydrogen-bond donors (Lipinski definition) is 0. The second kappa shape index (κ2) is 6.27. The summed E-state index contributed by atoms with van der Waals surface area (Å²) in [5.41, 5.74) is 2.65. The van der Waals surface area contributed by atoms with Gasteiger partial charge in [-0.05, 0) is 29.3 Å². The lowest BCUT2D eigenvalue weighted by molar-refractivity contribution is -0.118. The van der Waals surface area contributed by atoms with Crippen molar-refractivity contribution in [2.45, 2.75) is 19.8 Å². The third kappa shape index (κ3) is 3.19. The van der Waals surface area contributed by atoms with Crippen LogP contribution in [0, 0.1) is 11.3 Å². The van der Waals surface area contributed by atoms with Crippen LogP contribution in [0.1, 0.15) is 24.5 Å². The molecule has 1 heterocycles. The molecule has 0 bridgehead atoms. The SMILES string of the molecule is CCC(=O)Cc1ccc(-c2ccnc(Cl)n2)cc1C#N. The van der Waals surface area contributed by atoms with E-state index in [1.54, 1.807) is 24.4 Å². The van der Waals surface area contributed by atoms with Crippen molar-refractivity contribution >= 4 is 17.4 Å². The summed E-state index contributed by atoms with van der Waals surface area (Å²) in [6.07, 6.45) is 2.31. The molecule has 2 aromatic rings. The van der Waals surface area contributed by atoms with Crippen molar-refractivity contribution in [3.05, 3.63) is 46.9 Å². The molecule has 5 heteroatoms. The van der Waals surface area contributed by atoms with Crippen molar-refractivity contribution in [2.75, 3.05) is 0 Å². The Morgan fingerprint density at radius 3 is 2.85 bits per heavy atom. The molecule has 0 spiro atoms. The Morgan fingerprint density at radius 2 is 2.20 bits per heavy atom. The smallest absolute Gasteiger partial charge is 0.222 e. The summed E-state index contributed by atoms with van der Waals surface area (Å²) >= 11 is 5.76. The zero-order valence-corrected chi connectivity index (χ0v) is 11.7. The second-order valence-corrected chi connectivity index (χ2v) is 4.60. The first-order valence-electron chi connectivity index (χ1n) is 6.17. The summed E-state index contributed by atoms with van der Waals surface area (Å²) in [5, 5.41) is 9.37. The fourth-order valence-corrected chi connectivity index (χ4v) is 1.97. The first-order valence-corrected chi connectivity index (χ1v) is 6.55. The molecule has 0 aliphatic heterocycles. The number of Topliss-reactive ketones (excluding diaryl/α,β-unsaturated/α-hetero) is 1. The van der Waals surface area contributed by atoms with Crippen molar-refractivity contribution < 1.29 is 4.79 Å². The Kier molecular flexibility index (Phi) is 4.44. The maximum atomic E-state index is 11.5. The molecule has 0 saturated carbocycles. The van der Waals surface area contributed by atoms with Crippen LogP contribution in [0.4, 0.5) is 0 Å². The predicted molar refractivity (Wildman–Crippen MR) is 76.2 cm³/mol. The number of aromatic nitrogens is 2. The number of hydrogen-bond acceptors (Lipinski definition) is 4. The Morgan fingerprint density at radius 1 is 1.40 bits per heavy atom. The second-order valence-electron chi connectivity index (χ2n) is 4.26. The monoisotopic (exact) mass is 285 g/mol. The van der Waals surface area contributed by atoms with Gasteiger partial charge >= 0.3 is 0 Å². The highest BCUT2D eigenvalue weighted by atomic mass is 35.5. The minimum atomic E-state index is 0.110. The molecular weight excluding hydrogens is 274 g/mol. The van der Waals surface area contributed by atoms with Gasteiger partial charge < -0.3 is 0 Å². The van der Waals surface area contributed by atoms with Crippen LogP contribution in [-0.4, -0.2) is 15.8 Å². The van der Waals surface area contributed by atoms with Gasteiger partial charge in [-0.1, -0.05) is 19.1 Å². The third-order valence-electron chi connectivity index (χ3n) is 2.93. The van der Waals surface area contributed by atoms with Gasteiger partial charge in [0.25, 0.3) is 0 Å². The minimum absolute atomic E-state index is 0.110. The van der Waals surface area contributed by atoms with Gasteiger partial charge in [0.15, 0.2) is 0 Å². The zero-order chi connectivity index (χ0) is 14.5. The van der Waals surface area contributed by atoms with E-state index in [1.807, 2.05) is 13.0 Å². The van der Waals surface area contributed by atoms with Crippen LogP contribution >= 0.6 is 11.6 Å². The Bertz CT molecular complexity index is 692. The Balaban J connectivity index is 2.39. The number of rotatable bonds is 4. The normalized spacial score (nSPS) is 10.1. The number of halogens is 1. The zero-order valence-electron chi connectivity index (χ0n) is 10.9. The molecule has 0 atom stereocenters. The summed E-state index contributed by atoms with van der Waals surface area (Å²) in [6.45, 7) is 1.81. The highest BCUT2D eigenvalue weighted by Crippen LogP contribution is 2.22. The van der Waals surface area contributed by atoms with Gasteiger partial charge in [-0.15, -0.1) is 0 Å². The maximum absolute atomic E-state index is 11.5. The summed E-state index contributed by atoms with van der Waals surface area (Å²) in [6, 6.07) is 9.18. The quantitative estimate of drug-likeness (QED) is 0.809. The lowest BCUT2D eigenvalue weighted by Gasteiger charge is -2.06. The lowest BCUT2D eigenvalue weighted by Crippen LogP contribution is -2.02. The summed E-state index contributed by atoms with van der Waals surface area (Å²) in [5.74, 6) is 0.110. The average molecular weight is 286 g/mol. The van der Waals surface area contributed by atoms with Gasteiger partial charge in [0.1, 0.15) is 5.78 Å². The predicted octanol–water partition coefficient (Wildman–Crippen LogP) is 3.19. The van der Waals surface area contributed by atoms with Crippen LogP contribution in [0.5, 0.6) is 0 Å².